The number of hydrogen-bond acceptors (Lipinski definition) is 3. The van der Waals surface area contributed by atoms with E-state index in [4.69, 9.17) is 10.5 Å². The Morgan fingerprint density at radius 3 is 2.95 bits per heavy atom. The van der Waals surface area contributed by atoms with Gasteiger partial charge in [-0.1, -0.05) is 18.2 Å². The van der Waals surface area contributed by atoms with Gasteiger partial charge in [-0.05, 0) is 52.5 Å². The molecule has 100 valence electrons. The Morgan fingerprint density at radius 1 is 1.32 bits per heavy atom. The number of fused-ring (bicyclic) bond motifs is 1. The molecule has 1 aliphatic rings. The third kappa shape index (κ3) is 2.86. The third-order valence-corrected chi connectivity index (χ3v) is 5.23. The summed E-state index contributed by atoms with van der Waals surface area (Å²) in [5.41, 5.74) is 7.70. The average Bonchev–Trinajstić information content (AvgIpc) is 2.83. The SMILES string of the molecule is NC(Cc1ccc(Br)s1)C1CCOc2ccccc21. The molecular formula is C15H16BrNOS. The molecule has 0 spiro atoms. The molecular weight excluding hydrogens is 322 g/mol. The van der Waals surface area contributed by atoms with Crippen molar-refractivity contribution < 1.29 is 4.74 Å². The molecule has 1 aromatic carbocycles. The molecule has 0 amide bonds. The fraction of sp³-hybridized carbons (Fsp3) is 0.333. The van der Waals surface area contributed by atoms with Gasteiger partial charge in [0.25, 0.3) is 0 Å². The zero-order chi connectivity index (χ0) is 13.2. The van der Waals surface area contributed by atoms with E-state index >= 15 is 0 Å². The lowest BCUT2D eigenvalue weighted by atomic mass is 9.85. The van der Waals surface area contributed by atoms with Gasteiger partial charge in [0.15, 0.2) is 0 Å². The van der Waals surface area contributed by atoms with Crippen LogP contribution in [0.5, 0.6) is 5.75 Å². The Bertz CT molecular complexity index is 569. The minimum atomic E-state index is 0.149. The highest BCUT2D eigenvalue weighted by molar-refractivity contribution is 9.11. The molecule has 2 aromatic rings. The van der Waals surface area contributed by atoms with E-state index in [-0.39, 0.29) is 6.04 Å². The van der Waals surface area contributed by atoms with Gasteiger partial charge in [0.1, 0.15) is 5.75 Å². The smallest absolute Gasteiger partial charge is 0.122 e. The van der Waals surface area contributed by atoms with Crippen LogP contribution in [0.1, 0.15) is 22.8 Å². The molecule has 2 heterocycles. The molecule has 2 unspecified atom stereocenters. The van der Waals surface area contributed by atoms with Crippen LogP contribution < -0.4 is 10.5 Å². The van der Waals surface area contributed by atoms with E-state index in [0.717, 1.165) is 25.2 Å². The Labute approximate surface area is 125 Å². The van der Waals surface area contributed by atoms with Crippen LogP contribution in [0, 0.1) is 0 Å². The van der Waals surface area contributed by atoms with Gasteiger partial charge in [-0.15, -0.1) is 11.3 Å². The van der Waals surface area contributed by atoms with E-state index in [0.29, 0.717) is 5.92 Å². The molecule has 0 radical (unpaired) electrons. The standard InChI is InChI=1S/C15H16BrNOS/c16-15-6-5-10(19-15)9-13(17)11-7-8-18-14-4-2-1-3-12(11)14/h1-6,11,13H,7-9,17H2. The van der Waals surface area contributed by atoms with E-state index in [1.165, 1.54) is 14.2 Å². The first kappa shape index (κ1) is 13.2. The number of halogens is 1. The molecule has 1 aliphatic heterocycles. The van der Waals surface area contributed by atoms with Crippen molar-refractivity contribution in [2.45, 2.75) is 24.8 Å². The van der Waals surface area contributed by atoms with Gasteiger partial charge in [0, 0.05) is 16.8 Å². The molecule has 3 rings (SSSR count). The topological polar surface area (TPSA) is 35.2 Å². The maximum absolute atomic E-state index is 6.44. The minimum Gasteiger partial charge on any atom is -0.493 e. The maximum atomic E-state index is 6.44. The monoisotopic (exact) mass is 337 g/mol. The lowest BCUT2D eigenvalue weighted by Crippen LogP contribution is -2.33. The molecule has 0 saturated carbocycles. The molecule has 0 aliphatic carbocycles. The van der Waals surface area contributed by atoms with Crippen LogP contribution >= 0.6 is 27.3 Å². The highest BCUT2D eigenvalue weighted by Gasteiger charge is 2.26. The highest BCUT2D eigenvalue weighted by atomic mass is 79.9. The zero-order valence-corrected chi connectivity index (χ0v) is 12.9. The normalized spacial score (nSPS) is 19.6. The molecule has 2 atom stereocenters. The summed E-state index contributed by atoms with van der Waals surface area (Å²) in [5, 5.41) is 0. The van der Waals surface area contributed by atoms with Crippen molar-refractivity contribution in [1.82, 2.24) is 0 Å². The van der Waals surface area contributed by atoms with Crippen molar-refractivity contribution in [2.75, 3.05) is 6.61 Å². The number of thiophene rings is 1. The molecule has 1 aromatic heterocycles. The van der Waals surface area contributed by atoms with Crippen molar-refractivity contribution in [1.29, 1.82) is 0 Å². The van der Waals surface area contributed by atoms with Crippen molar-refractivity contribution in [3.05, 3.63) is 50.6 Å². The molecule has 4 heteroatoms. The largest absolute Gasteiger partial charge is 0.493 e. The molecule has 0 saturated heterocycles. The molecule has 2 nitrogen and oxygen atoms in total. The predicted octanol–water partition coefficient (Wildman–Crippen LogP) is 3.95. The maximum Gasteiger partial charge on any atom is 0.122 e. The van der Waals surface area contributed by atoms with E-state index in [1.807, 2.05) is 12.1 Å². The number of hydrogen-bond donors (Lipinski definition) is 1. The van der Waals surface area contributed by atoms with Crippen LogP contribution in [0.3, 0.4) is 0 Å². The van der Waals surface area contributed by atoms with Gasteiger partial charge in [-0.25, -0.2) is 0 Å². The first-order valence-electron chi connectivity index (χ1n) is 6.45. The molecule has 0 bridgehead atoms. The number of benzene rings is 1. The van der Waals surface area contributed by atoms with Crippen molar-refractivity contribution >= 4 is 27.3 Å². The summed E-state index contributed by atoms with van der Waals surface area (Å²) in [6, 6.07) is 12.7. The first-order valence-corrected chi connectivity index (χ1v) is 8.06. The fourth-order valence-corrected chi connectivity index (χ4v) is 4.20. The molecule has 0 fully saturated rings. The number of ether oxygens (including phenoxy) is 1. The van der Waals surface area contributed by atoms with Crippen LogP contribution in [0.4, 0.5) is 0 Å². The van der Waals surface area contributed by atoms with Crippen molar-refractivity contribution in [2.24, 2.45) is 5.73 Å². The van der Waals surface area contributed by atoms with Crippen LogP contribution in [0.25, 0.3) is 0 Å². The van der Waals surface area contributed by atoms with Gasteiger partial charge in [-0.3, -0.25) is 0 Å². The predicted molar refractivity (Wildman–Crippen MR) is 83.0 cm³/mol. The highest BCUT2D eigenvalue weighted by Crippen LogP contribution is 2.36. The minimum absolute atomic E-state index is 0.149. The number of para-hydroxylation sites is 1. The van der Waals surface area contributed by atoms with Gasteiger partial charge in [-0.2, -0.15) is 0 Å². The van der Waals surface area contributed by atoms with Crippen LogP contribution in [0.15, 0.2) is 40.2 Å². The molecule has 2 N–H and O–H groups in total. The lowest BCUT2D eigenvalue weighted by molar-refractivity contribution is 0.255. The van der Waals surface area contributed by atoms with Gasteiger partial charge in [0.05, 0.1) is 10.4 Å². The van der Waals surface area contributed by atoms with Crippen LogP contribution in [0.2, 0.25) is 0 Å². The Kier molecular flexibility index (Phi) is 3.91. The fourth-order valence-electron chi connectivity index (χ4n) is 2.65. The lowest BCUT2D eigenvalue weighted by Gasteiger charge is -2.30. The Morgan fingerprint density at radius 2 is 2.16 bits per heavy atom. The summed E-state index contributed by atoms with van der Waals surface area (Å²) in [6.07, 6.45) is 1.93. The van der Waals surface area contributed by atoms with E-state index in [1.54, 1.807) is 11.3 Å². The quantitative estimate of drug-likeness (QED) is 0.920. The zero-order valence-electron chi connectivity index (χ0n) is 10.5. The second kappa shape index (κ2) is 5.65. The number of rotatable bonds is 3. The van der Waals surface area contributed by atoms with Crippen LogP contribution in [-0.2, 0) is 6.42 Å². The first-order chi connectivity index (χ1) is 9.24. The van der Waals surface area contributed by atoms with Crippen molar-refractivity contribution in [3.63, 3.8) is 0 Å². The summed E-state index contributed by atoms with van der Waals surface area (Å²) < 4.78 is 6.87. The second-order valence-electron chi connectivity index (χ2n) is 4.86. The second-order valence-corrected chi connectivity index (χ2v) is 7.40. The Balaban J connectivity index is 1.79. The van der Waals surface area contributed by atoms with Gasteiger partial charge in [0.2, 0.25) is 0 Å². The van der Waals surface area contributed by atoms with Crippen LogP contribution in [-0.4, -0.2) is 12.6 Å². The summed E-state index contributed by atoms with van der Waals surface area (Å²) >= 11 is 5.27. The van der Waals surface area contributed by atoms with E-state index < -0.39 is 0 Å². The van der Waals surface area contributed by atoms with Crippen molar-refractivity contribution in [3.8, 4) is 5.75 Å². The van der Waals surface area contributed by atoms with E-state index in [9.17, 15) is 0 Å². The summed E-state index contributed by atoms with van der Waals surface area (Å²) in [5.74, 6) is 1.40. The van der Waals surface area contributed by atoms with Gasteiger partial charge < -0.3 is 10.5 Å². The Hall–Kier alpha value is -0.840. The third-order valence-electron chi connectivity index (χ3n) is 3.59. The molecule has 19 heavy (non-hydrogen) atoms. The van der Waals surface area contributed by atoms with Gasteiger partial charge >= 0.3 is 0 Å². The summed E-state index contributed by atoms with van der Waals surface area (Å²) in [7, 11) is 0. The number of nitrogens with two attached hydrogens (primary N) is 1. The summed E-state index contributed by atoms with van der Waals surface area (Å²) in [4.78, 5) is 1.34. The van der Waals surface area contributed by atoms with E-state index in [2.05, 4.69) is 40.2 Å². The average molecular weight is 338 g/mol. The summed E-state index contributed by atoms with van der Waals surface area (Å²) in [6.45, 7) is 0.767.